The van der Waals surface area contributed by atoms with Gasteiger partial charge in [0.2, 0.25) is 6.33 Å². The Morgan fingerprint density at radius 2 is 0.822 bits per heavy atom. The quantitative estimate of drug-likeness (QED) is 0.0581. The van der Waals surface area contributed by atoms with Crippen molar-refractivity contribution < 1.29 is 77.9 Å². The van der Waals surface area contributed by atoms with E-state index in [-0.39, 0.29) is 13.2 Å². The molecule has 0 aliphatic rings. The molecule has 0 bridgehead atoms. The number of aryl methyl sites for hydroxylation is 2. The standard InChI is InChI=1S/C18H38O10.C8H15N2.F6P/c19-1-3-21-5-7-23-9-11-25-13-15-27-17-18-28-16-14-26-12-10-24-8-6-22-4-2-20;1-3-4-5-10-7-6-9(2)8-10;1-7(2,3,4,5)6/h19-20H,1-18H2;6-8H,3-5H2,1-2H3;/q;+1;-1. The molecule has 0 spiro atoms. The van der Waals surface area contributed by atoms with E-state index in [1.54, 1.807) is 0 Å². The van der Waals surface area contributed by atoms with Crippen LogP contribution in [-0.2, 0) is 51.5 Å². The molecule has 274 valence electrons. The molecule has 1 rings (SSSR count). The summed E-state index contributed by atoms with van der Waals surface area (Å²) in [6.45, 7) is 11.2. The van der Waals surface area contributed by atoms with E-state index in [1.807, 2.05) is 7.05 Å². The molecule has 0 fully saturated rings. The number of halogens is 6. The Kier molecular flexibility index (Phi) is 28.5. The molecule has 0 saturated carbocycles. The number of nitrogens with zero attached hydrogens (tertiary/aromatic N) is 2. The van der Waals surface area contributed by atoms with Gasteiger partial charge in [0.1, 0.15) is 12.4 Å². The van der Waals surface area contributed by atoms with E-state index >= 15 is 0 Å². The summed E-state index contributed by atoms with van der Waals surface area (Å²) in [5.74, 6) is 0. The first-order valence-electron chi connectivity index (χ1n) is 14.6. The molecule has 0 unspecified atom stereocenters. The summed E-state index contributed by atoms with van der Waals surface area (Å²) in [6.07, 6.45) is 8.82. The average molecular weight is 699 g/mol. The van der Waals surface area contributed by atoms with Crippen molar-refractivity contribution in [2.45, 2.75) is 26.3 Å². The third-order valence-electron chi connectivity index (χ3n) is 4.67. The van der Waals surface area contributed by atoms with Gasteiger partial charge in [0.25, 0.3) is 0 Å². The third-order valence-corrected chi connectivity index (χ3v) is 4.67. The zero-order valence-electron chi connectivity index (χ0n) is 26.4. The maximum atomic E-state index is 9.87. The Balaban J connectivity index is 0. The number of rotatable bonds is 28. The van der Waals surface area contributed by atoms with Gasteiger partial charge in [0, 0.05) is 0 Å². The van der Waals surface area contributed by atoms with Gasteiger partial charge in [-0.25, -0.2) is 9.13 Å². The molecule has 12 nitrogen and oxygen atoms in total. The number of aromatic nitrogens is 2. The zero-order chi connectivity index (χ0) is 34.2. The molecule has 0 radical (unpaired) electrons. The fourth-order valence-corrected chi connectivity index (χ4v) is 2.75. The van der Waals surface area contributed by atoms with Crippen molar-refractivity contribution in [3.05, 3.63) is 18.7 Å². The molecule has 45 heavy (non-hydrogen) atoms. The van der Waals surface area contributed by atoms with Crippen LogP contribution < -0.4 is 4.57 Å². The topological polar surface area (TPSA) is 123 Å². The van der Waals surface area contributed by atoms with Crippen LogP contribution in [0.1, 0.15) is 19.8 Å². The van der Waals surface area contributed by atoms with Gasteiger partial charge in [-0.3, -0.25) is 0 Å². The molecule has 0 amide bonds. The summed E-state index contributed by atoms with van der Waals surface area (Å²) in [4.78, 5) is 0. The van der Waals surface area contributed by atoms with Crippen molar-refractivity contribution in [3.8, 4) is 0 Å². The minimum Gasteiger partial charge on any atom is -0.394 e. The van der Waals surface area contributed by atoms with Gasteiger partial charge in [-0.2, -0.15) is 0 Å². The van der Waals surface area contributed by atoms with Gasteiger partial charge in [-0.1, -0.05) is 13.3 Å². The first-order valence-corrected chi connectivity index (χ1v) is 16.6. The fraction of sp³-hybridized carbons (Fsp3) is 0.885. The van der Waals surface area contributed by atoms with Crippen molar-refractivity contribution in [1.82, 2.24) is 4.57 Å². The summed E-state index contributed by atoms with van der Waals surface area (Å²) >= 11 is 0. The van der Waals surface area contributed by atoms with Gasteiger partial charge in [-0.15, -0.1) is 0 Å². The molecule has 1 aromatic heterocycles. The third kappa shape index (κ3) is 52.6. The van der Waals surface area contributed by atoms with Gasteiger partial charge >= 0.3 is 33.0 Å². The first-order chi connectivity index (χ1) is 21.2. The molecule has 2 N–H and O–H groups in total. The molecule has 1 heterocycles. The number of unbranched alkanes of at least 4 members (excludes halogenated alkanes) is 1. The molecule has 1 aromatic rings. The van der Waals surface area contributed by atoms with Crippen LogP contribution in [0.3, 0.4) is 0 Å². The Morgan fingerprint density at radius 3 is 1.02 bits per heavy atom. The maximum Gasteiger partial charge on any atom is 0.0701 e. The molecule has 0 saturated heterocycles. The van der Waals surface area contributed by atoms with Crippen molar-refractivity contribution in [2.24, 2.45) is 7.05 Å². The van der Waals surface area contributed by atoms with Gasteiger partial charge < -0.3 is 48.1 Å². The van der Waals surface area contributed by atoms with Crippen LogP contribution in [0.5, 0.6) is 0 Å². The van der Waals surface area contributed by atoms with Crippen LogP contribution in [0, 0.1) is 0 Å². The van der Waals surface area contributed by atoms with Crippen LogP contribution in [0.2, 0.25) is 0 Å². The number of imidazole rings is 1. The van der Waals surface area contributed by atoms with E-state index in [2.05, 4.69) is 34.8 Å². The van der Waals surface area contributed by atoms with E-state index < -0.39 is 7.81 Å². The van der Waals surface area contributed by atoms with Crippen molar-refractivity contribution in [1.29, 1.82) is 0 Å². The van der Waals surface area contributed by atoms with Crippen LogP contribution in [-0.4, -0.2) is 134 Å². The smallest absolute Gasteiger partial charge is 0.0701 e. The second-order valence-corrected chi connectivity index (χ2v) is 10.9. The number of aliphatic hydroxyl groups excluding tert-OH is 2. The van der Waals surface area contributed by atoms with E-state index in [1.165, 1.54) is 12.8 Å². The largest absolute Gasteiger partial charge is 0.394 e. The average Bonchev–Trinajstić information content (AvgIpc) is 3.37. The molecular formula is C26H53F6N2O10P. The fourth-order valence-electron chi connectivity index (χ4n) is 2.75. The minimum atomic E-state index is -10.7. The SMILES string of the molecule is CCCCn1cc[n+](C)c1.F[P-](F)(F)(F)(F)F.OCCOCCOCCOCCOCCOCCOCCOCCOCCO. The molecular weight excluding hydrogens is 645 g/mol. The summed E-state index contributed by atoms with van der Waals surface area (Å²) < 4.78 is 106. The monoisotopic (exact) mass is 698 g/mol. The molecule has 0 aromatic carbocycles. The second kappa shape index (κ2) is 27.9. The maximum absolute atomic E-state index is 10.7. The summed E-state index contributed by atoms with van der Waals surface area (Å²) in [6, 6.07) is 0. The summed E-state index contributed by atoms with van der Waals surface area (Å²) in [5.41, 5.74) is 0. The predicted molar refractivity (Wildman–Crippen MR) is 155 cm³/mol. The van der Waals surface area contributed by atoms with Crippen LogP contribution in [0.4, 0.5) is 25.2 Å². The Bertz CT molecular complexity index is 731. The van der Waals surface area contributed by atoms with Crippen molar-refractivity contribution in [3.63, 3.8) is 0 Å². The van der Waals surface area contributed by atoms with Crippen molar-refractivity contribution in [2.75, 3.05) is 119 Å². The Morgan fingerprint density at radius 1 is 0.556 bits per heavy atom. The van der Waals surface area contributed by atoms with Crippen LogP contribution in [0.15, 0.2) is 18.7 Å². The summed E-state index contributed by atoms with van der Waals surface area (Å²) in [5, 5.41) is 17.0. The first kappa shape index (κ1) is 45.9. The number of hydrogen-bond donors (Lipinski definition) is 2. The van der Waals surface area contributed by atoms with Gasteiger partial charge in [0.15, 0.2) is 0 Å². The zero-order valence-corrected chi connectivity index (χ0v) is 27.2. The molecule has 0 atom stereocenters. The summed E-state index contributed by atoms with van der Waals surface area (Å²) in [7, 11) is -8.61. The second-order valence-electron chi connectivity index (χ2n) is 8.97. The van der Waals surface area contributed by atoms with E-state index in [4.69, 9.17) is 48.1 Å². The van der Waals surface area contributed by atoms with Gasteiger partial charge in [0.05, 0.1) is 133 Å². The Hall–Kier alpha value is -1.18. The molecule has 0 aliphatic heterocycles. The predicted octanol–water partition coefficient (Wildman–Crippen LogP) is 3.60. The van der Waals surface area contributed by atoms with Gasteiger partial charge in [-0.05, 0) is 6.42 Å². The van der Waals surface area contributed by atoms with E-state index in [0.717, 1.165) is 6.54 Å². The normalized spacial score (nSPS) is 12.9. The molecule has 0 aliphatic carbocycles. The number of aliphatic hydroxyl groups is 2. The van der Waals surface area contributed by atoms with E-state index in [9.17, 15) is 25.2 Å². The molecule has 19 heteroatoms. The van der Waals surface area contributed by atoms with Crippen LogP contribution in [0.25, 0.3) is 0 Å². The van der Waals surface area contributed by atoms with E-state index in [0.29, 0.717) is 106 Å². The van der Waals surface area contributed by atoms with Crippen LogP contribution >= 0.6 is 7.81 Å². The minimum absolute atomic E-state index is 0.0294. The number of hydrogen-bond acceptors (Lipinski definition) is 10. The number of ether oxygens (including phenoxy) is 8. The van der Waals surface area contributed by atoms with Crippen molar-refractivity contribution >= 4 is 7.81 Å². The Labute approximate surface area is 261 Å².